The fraction of sp³-hybridized carbons (Fsp3) is 0.900. The van der Waals surface area contributed by atoms with Crippen molar-refractivity contribution in [2.24, 2.45) is 11.8 Å². The maximum absolute atomic E-state index is 11.3. The summed E-state index contributed by atoms with van der Waals surface area (Å²) in [6, 6.07) is 0. The quantitative estimate of drug-likeness (QED) is 0.684. The topological polar surface area (TPSA) is 29.1 Å². The molecule has 0 radical (unpaired) electrons. The molecule has 1 N–H and O–H groups in total. The van der Waals surface area contributed by atoms with E-state index in [4.69, 9.17) is 0 Å². The van der Waals surface area contributed by atoms with Crippen molar-refractivity contribution in [1.82, 2.24) is 5.32 Å². The van der Waals surface area contributed by atoms with Gasteiger partial charge in [-0.1, -0.05) is 26.7 Å². The molecule has 0 aromatic heterocycles. The van der Waals surface area contributed by atoms with Crippen LogP contribution in [0.2, 0.25) is 0 Å². The summed E-state index contributed by atoms with van der Waals surface area (Å²) >= 11 is 0. The summed E-state index contributed by atoms with van der Waals surface area (Å²) in [4.78, 5) is 11.3. The Kier molecular flexibility index (Phi) is 3.57. The Hall–Kier alpha value is -0.530. The fourth-order valence-corrected chi connectivity index (χ4v) is 2.07. The first-order valence-electron chi connectivity index (χ1n) is 5.07. The van der Waals surface area contributed by atoms with Gasteiger partial charge >= 0.3 is 0 Å². The first-order chi connectivity index (χ1) is 5.79. The lowest BCUT2D eigenvalue weighted by Gasteiger charge is -2.14. The molecule has 0 bridgehead atoms. The number of nitrogens with one attached hydrogen (secondary N) is 1. The van der Waals surface area contributed by atoms with Crippen LogP contribution in [0, 0.1) is 11.8 Å². The van der Waals surface area contributed by atoms with Crippen LogP contribution in [-0.4, -0.2) is 12.5 Å². The second-order valence-corrected chi connectivity index (χ2v) is 3.69. The molecule has 1 amide bonds. The molecule has 0 aromatic carbocycles. The zero-order valence-corrected chi connectivity index (χ0v) is 8.10. The molecule has 0 saturated carbocycles. The lowest BCUT2D eigenvalue weighted by atomic mass is 9.88. The molecule has 1 saturated heterocycles. The molecular formula is C10H19NO. The molecule has 0 aliphatic carbocycles. The Balaban J connectivity index is 2.45. The Bertz CT molecular complexity index is 156. The van der Waals surface area contributed by atoms with E-state index in [-0.39, 0.29) is 5.91 Å². The number of hydrogen-bond acceptors (Lipinski definition) is 1. The summed E-state index contributed by atoms with van der Waals surface area (Å²) in [5, 5.41) is 2.95. The van der Waals surface area contributed by atoms with Gasteiger partial charge in [-0.25, -0.2) is 0 Å². The number of carbonyl (C=O) groups excluding carboxylic acids is 1. The number of hydrogen-bond donors (Lipinski definition) is 1. The molecule has 2 atom stereocenters. The summed E-state index contributed by atoms with van der Waals surface area (Å²) in [6.07, 6.45) is 4.58. The van der Waals surface area contributed by atoms with Crippen LogP contribution in [0.4, 0.5) is 0 Å². The molecule has 1 rings (SSSR count). The monoisotopic (exact) mass is 169 g/mol. The normalized spacial score (nSPS) is 29.0. The van der Waals surface area contributed by atoms with E-state index in [0.29, 0.717) is 11.8 Å². The van der Waals surface area contributed by atoms with Gasteiger partial charge in [0.05, 0.1) is 0 Å². The van der Waals surface area contributed by atoms with Crippen molar-refractivity contribution in [2.45, 2.75) is 39.5 Å². The largest absolute Gasteiger partial charge is 0.356 e. The minimum Gasteiger partial charge on any atom is -0.356 e. The van der Waals surface area contributed by atoms with Crippen molar-refractivity contribution in [1.29, 1.82) is 0 Å². The average molecular weight is 169 g/mol. The zero-order chi connectivity index (χ0) is 8.97. The van der Waals surface area contributed by atoms with E-state index in [0.717, 1.165) is 19.4 Å². The van der Waals surface area contributed by atoms with Gasteiger partial charge in [0.15, 0.2) is 0 Å². The summed E-state index contributed by atoms with van der Waals surface area (Å²) in [6.45, 7) is 5.25. The minimum absolute atomic E-state index is 0.287. The zero-order valence-electron chi connectivity index (χ0n) is 8.10. The third-order valence-electron chi connectivity index (χ3n) is 2.70. The molecule has 0 spiro atoms. The predicted octanol–water partition coefficient (Wildman–Crippen LogP) is 1.95. The summed E-state index contributed by atoms with van der Waals surface area (Å²) < 4.78 is 0. The minimum atomic E-state index is 0.287. The molecule has 2 heteroatoms. The molecular weight excluding hydrogens is 150 g/mol. The van der Waals surface area contributed by atoms with Crippen LogP contribution in [-0.2, 0) is 4.79 Å². The van der Waals surface area contributed by atoms with Crippen LogP contribution in [0.5, 0.6) is 0 Å². The number of rotatable bonds is 4. The third-order valence-corrected chi connectivity index (χ3v) is 2.70. The summed E-state index contributed by atoms with van der Waals surface area (Å²) in [5.41, 5.74) is 0. The van der Waals surface area contributed by atoms with Gasteiger partial charge in [-0.3, -0.25) is 4.79 Å². The van der Waals surface area contributed by atoms with Crippen LogP contribution < -0.4 is 5.32 Å². The number of carbonyl (C=O) groups is 1. The van der Waals surface area contributed by atoms with Crippen LogP contribution in [0.25, 0.3) is 0 Å². The lowest BCUT2D eigenvalue weighted by molar-refractivity contribution is -0.123. The standard InChI is InChI=1S/C10H19NO/c1-3-5-8-7-11-10(12)9(8)6-4-2/h8-9H,3-7H2,1-2H3,(H,11,12). The molecule has 1 aliphatic rings. The van der Waals surface area contributed by atoms with Gasteiger partial charge in [-0.05, 0) is 18.8 Å². The van der Waals surface area contributed by atoms with Gasteiger partial charge in [-0.2, -0.15) is 0 Å². The molecule has 70 valence electrons. The highest BCUT2D eigenvalue weighted by atomic mass is 16.2. The van der Waals surface area contributed by atoms with Gasteiger partial charge in [0.2, 0.25) is 5.91 Å². The summed E-state index contributed by atoms with van der Waals surface area (Å²) in [5.74, 6) is 1.22. The average Bonchev–Trinajstić information content (AvgIpc) is 2.37. The Morgan fingerprint density at radius 1 is 1.33 bits per heavy atom. The van der Waals surface area contributed by atoms with Crippen molar-refractivity contribution in [3.63, 3.8) is 0 Å². The van der Waals surface area contributed by atoms with Crippen molar-refractivity contribution in [3.8, 4) is 0 Å². The SMILES string of the molecule is CCCC1CNC(=O)C1CCC. The molecule has 1 heterocycles. The van der Waals surface area contributed by atoms with Crippen molar-refractivity contribution in [3.05, 3.63) is 0 Å². The van der Waals surface area contributed by atoms with Crippen molar-refractivity contribution in [2.75, 3.05) is 6.54 Å². The van der Waals surface area contributed by atoms with Gasteiger partial charge in [0.1, 0.15) is 0 Å². The maximum Gasteiger partial charge on any atom is 0.223 e. The molecule has 1 fully saturated rings. The predicted molar refractivity (Wildman–Crippen MR) is 49.8 cm³/mol. The first-order valence-corrected chi connectivity index (χ1v) is 5.07. The first kappa shape index (κ1) is 9.56. The highest BCUT2D eigenvalue weighted by Gasteiger charge is 2.32. The van der Waals surface area contributed by atoms with E-state index in [9.17, 15) is 4.79 Å². The van der Waals surface area contributed by atoms with E-state index in [1.807, 2.05) is 0 Å². The summed E-state index contributed by atoms with van der Waals surface area (Å²) in [7, 11) is 0. The van der Waals surface area contributed by atoms with E-state index < -0.39 is 0 Å². The van der Waals surface area contributed by atoms with Gasteiger partial charge in [-0.15, -0.1) is 0 Å². The molecule has 2 unspecified atom stereocenters. The van der Waals surface area contributed by atoms with Crippen LogP contribution in [0.1, 0.15) is 39.5 Å². The van der Waals surface area contributed by atoms with Crippen LogP contribution in [0.3, 0.4) is 0 Å². The van der Waals surface area contributed by atoms with Crippen molar-refractivity contribution < 1.29 is 4.79 Å². The lowest BCUT2D eigenvalue weighted by Crippen LogP contribution is -2.19. The molecule has 12 heavy (non-hydrogen) atoms. The van der Waals surface area contributed by atoms with E-state index >= 15 is 0 Å². The second-order valence-electron chi connectivity index (χ2n) is 3.69. The van der Waals surface area contributed by atoms with Gasteiger partial charge in [0.25, 0.3) is 0 Å². The van der Waals surface area contributed by atoms with Crippen molar-refractivity contribution >= 4 is 5.91 Å². The molecule has 0 aromatic rings. The highest BCUT2D eigenvalue weighted by molar-refractivity contribution is 5.81. The van der Waals surface area contributed by atoms with E-state index in [2.05, 4.69) is 19.2 Å². The Morgan fingerprint density at radius 3 is 2.58 bits per heavy atom. The van der Waals surface area contributed by atoms with Crippen LogP contribution >= 0.6 is 0 Å². The fourth-order valence-electron chi connectivity index (χ4n) is 2.07. The van der Waals surface area contributed by atoms with Gasteiger partial charge in [0, 0.05) is 12.5 Å². The van der Waals surface area contributed by atoms with E-state index in [1.54, 1.807) is 0 Å². The second kappa shape index (κ2) is 4.48. The van der Waals surface area contributed by atoms with Crippen LogP contribution in [0.15, 0.2) is 0 Å². The van der Waals surface area contributed by atoms with E-state index in [1.165, 1.54) is 12.8 Å². The smallest absolute Gasteiger partial charge is 0.223 e. The Labute approximate surface area is 74.7 Å². The highest BCUT2D eigenvalue weighted by Crippen LogP contribution is 2.26. The number of amides is 1. The Morgan fingerprint density at radius 2 is 2.00 bits per heavy atom. The maximum atomic E-state index is 11.3. The third kappa shape index (κ3) is 1.99. The molecule has 2 nitrogen and oxygen atoms in total. The van der Waals surface area contributed by atoms with Gasteiger partial charge < -0.3 is 5.32 Å². The molecule has 1 aliphatic heterocycles.